The number of likely N-dealkylation sites (N-methyl/N-ethyl adjacent to an activating group) is 1. The molecule has 2 aromatic rings. The molecule has 0 saturated carbocycles. The number of H-pyrrole nitrogens is 1. The van der Waals surface area contributed by atoms with Gasteiger partial charge in [-0.05, 0) is 20.5 Å². The van der Waals surface area contributed by atoms with Gasteiger partial charge in [-0.3, -0.25) is 5.10 Å². The predicted molar refractivity (Wildman–Crippen MR) is 81.5 cm³/mol. The Labute approximate surface area is 123 Å². The molecule has 0 amide bonds. The SMILES string of the molecule is CNc1nc(N2CC(O)CC2CN(C)C)c2cn[nH]c2n1. The molecule has 8 heteroatoms. The van der Waals surface area contributed by atoms with Crippen LogP contribution in [0.3, 0.4) is 0 Å². The zero-order chi connectivity index (χ0) is 15.0. The third-order valence-electron chi connectivity index (χ3n) is 3.75. The van der Waals surface area contributed by atoms with Crippen molar-refractivity contribution in [2.75, 3.05) is 44.4 Å². The first kappa shape index (κ1) is 14.0. The number of anilines is 2. The summed E-state index contributed by atoms with van der Waals surface area (Å²) >= 11 is 0. The molecular weight excluding hydrogens is 270 g/mol. The number of hydrogen-bond acceptors (Lipinski definition) is 7. The summed E-state index contributed by atoms with van der Waals surface area (Å²) in [5, 5.41) is 20.8. The molecule has 0 spiro atoms. The Bertz CT molecular complexity index is 626. The predicted octanol–water partition coefficient (Wildman–Crippen LogP) is -0.104. The molecule has 2 aromatic heterocycles. The van der Waals surface area contributed by atoms with Crippen molar-refractivity contribution in [3.8, 4) is 0 Å². The Morgan fingerprint density at radius 1 is 1.48 bits per heavy atom. The van der Waals surface area contributed by atoms with Crippen LogP contribution in [0, 0.1) is 0 Å². The molecule has 3 heterocycles. The summed E-state index contributed by atoms with van der Waals surface area (Å²) in [7, 11) is 5.86. The third-order valence-corrected chi connectivity index (χ3v) is 3.75. The van der Waals surface area contributed by atoms with Crippen molar-refractivity contribution in [1.29, 1.82) is 0 Å². The van der Waals surface area contributed by atoms with Crippen LogP contribution in [0.15, 0.2) is 6.20 Å². The number of aromatic nitrogens is 4. The first-order chi connectivity index (χ1) is 10.1. The highest BCUT2D eigenvalue weighted by molar-refractivity contribution is 5.87. The van der Waals surface area contributed by atoms with E-state index in [4.69, 9.17) is 0 Å². The molecule has 2 unspecified atom stereocenters. The highest BCUT2D eigenvalue weighted by Crippen LogP contribution is 2.30. The van der Waals surface area contributed by atoms with Crippen molar-refractivity contribution in [2.45, 2.75) is 18.6 Å². The number of aliphatic hydroxyl groups excluding tert-OH is 1. The van der Waals surface area contributed by atoms with E-state index in [9.17, 15) is 5.11 Å². The Morgan fingerprint density at radius 2 is 2.29 bits per heavy atom. The van der Waals surface area contributed by atoms with Crippen molar-refractivity contribution < 1.29 is 5.11 Å². The van der Waals surface area contributed by atoms with Gasteiger partial charge in [0.05, 0.1) is 17.7 Å². The quantitative estimate of drug-likeness (QED) is 0.724. The topological polar surface area (TPSA) is 93.2 Å². The summed E-state index contributed by atoms with van der Waals surface area (Å²) in [6.07, 6.45) is 2.16. The highest BCUT2D eigenvalue weighted by atomic mass is 16.3. The third kappa shape index (κ3) is 2.64. The van der Waals surface area contributed by atoms with Gasteiger partial charge in [0, 0.05) is 26.2 Å². The fourth-order valence-corrected chi connectivity index (χ4v) is 2.90. The van der Waals surface area contributed by atoms with Crippen LogP contribution in [-0.2, 0) is 0 Å². The van der Waals surface area contributed by atoms with E-state index >= 15 is 0 Å². The number of aromatic amines is 1. The van der Waals surface area contributed by atoms with E-state index in [1.54, 1.807) is 13.2 Å². The zero-order valence-electron chi connectivity index (χ0n) is 12.5. The lowest BCUT2D eigenvalue weighted by molar-refractivity contribution is 0.191. The van der Waals surface area contributed by atoms with E-state index < -0.39 is 0 Å². The minimum absolute atomic E-state index is 0.229. The van der Waals surface area contributed by atoms with Gasteiger partial charge in [0.15, 0.2) is 5.65 Å². The van der Waals surface area contributed by atoms with Gasteiger partial charge in [0.2, 0.25) is 5.95 Å². The van der Waals surface area contributed by atoms with Gasteiger partial charge >= 0.3 is 0 Å². The van der Waals surface area contributed by atoms with Crippen LogP contribution < -0.4 is 10.2 Å². The van der Waals surface area contributed by atoms with Gasteiger partial charge in [-0.2, -0.15) is 15.1 Å². The van der Waals surface area contributed by atoms with Crippen molar-refractivity contribution in [3.63, 3.8) is 0 Å². The van der Waals surface area contributed by atoms with E-state index in [0.29, 0.717) is 18.1 Å². The molecule has 3 rings (SSSR count). The number of fused-ring (bicyclic) bond motifs is 1. The van der Waals surface area contributed by atoms with Crippen molar-refractivity contribution >= 4 is 22.8 Å². The average Bonchev–Trinajstić information content (AvgIpc) is 3.03. The summed E-state index contributed by atoms with van der Waals surface area (Å²) in [4.78, 5) is 13.2. The molecule has 0 radical (unpaired) electrons. The number of nitrogens with one attached hydrogen (secondary N) is 2. The molecule has 3 N–H and O–H groups in total. The Balaban J connectivity index is 2.03. The maximum atomic E-state index is 10.1. The van der Waals surface area contributed by atoms with Crippen LogP contribution in [0.25, 0.3) is 11.0 Å². The Morgan fingerprint density at radius 3 is 3.00 bits per heavy atom. The smallest absolute Gasteiger partial charge is 0.226 e. The fraction of sp³-hybridized carbons (Fsp3) is 0.615. The van der Waals surface area contributed by atoms with Gasteiger partial charge < -0.3 is 20.2 Å². The second kappa shape index (κ2) is 5.45. The lowest BCUT2D eigenvalue weighted by Crippen LogP contribution is -2.38. The molecule has 1 saturated heterocycles. The molecular formula is C13H21N7O. The van der Waals surface area contributed by atoms with Crippen LogP contribution >= 0.6 is 0 Å². The molecule has 114 valence electrons. The fourth-order valence-electron chi connectivity index (χ4n) is 2.90. The van der Waals surface area contributed by atoms with Crippen molar-refractivity contribution in [2.24, 2.45) is 0 Å². The zero-order valence-corrected chi connectivity index (χ0v) is 12.5. The van der Waals surface area contributed by atoms with E-state index in [-0.39, 0.29) is 12.1 Å². The van der Waals surface area contributed by atoms with Gasteiger partial charge in [-0.25, -0.2) is 0 Å². The van der Waals surface area contributed by atoms with Gasteiger partial charge in [-0.1, -0.05) is 0 Å². The number of β-amino-alcohol motifs (C(OH)–C–C–N with tert-alkyl or cyclic N) is 1. The standard InChI is InChI=1S/C13H21N7O/c1-14-13-16-11-10(5-15-18-11)12(17-13)20-7-9(21)4-8(20)6-19(2)3/h5,8-9,21H,4,6-7H2,1-3H3,(H2,14,15,16,17,18). The number of aliphatic hydroxyl groups is 1. The summed E-state index contributed by atoms with van der Waals surface area (Å²) in [5.74, 6) is 1.37. The molecule has 1 aliphatic rings. The van der Waals surface area contributed by atoms with Crippen LogP contribution in [0.5, 0.6) is 0 Å². The maximum Gasteiger partial charge on any atom is 0.226 e. The molecule has 8 nitrogen and oxygen atoms in total. The lowest BCUT2D eigenvalue weighted by atomic mass is 10.2. The van der Waals surface area contributed by atoms with Crippen molar-refractivity contribution in [3.05, 3.63) is 6.20 Å². The number of nitrogens with zero attached hydrogens (tertiary/aromatic N) is 5. The molecule has 0 bridgehead atoms. The molecule has 0 aromatic carbocycles. The molecule has 0 aliphatic carbocycles. The maximum absolute atomic E-state index is 10.1. The van der Waals surface area contributed by atoms with E-state index in [0.717, 1.165) is 24.2 Å². The summed E-state index contributed by atoms with van der Waals surface area (Å²) in [6.45, 7) is 1.45. The van der Waals surface area contributed by atoms with Crippen LogP contribution in [0.4, 0.5) is 11.8 Å². The monoisotopic (exact) mass is 291 g/mol. The Hall–Kier alpha value is -1.93. The van der Waals surface area contributed by atoms with Gasteiger partial charge in [0.1, 0.15) is 5.82 Å². The lowest BCUT2D eigenvalue weighted by Gasteiger charge is -2.28. The molecule has 1 aliphatic heterocycles. The largest absolute Gasteiger partial charge is 0.391 e. The number of rotatable bonds is 4. The van der Waals surface area contributed by atoms with Crippen molar-refractivity contribution in [1.82, 2.24) is 25.1 Å². The summed E-state index contributed by atoms with van der Waals surface area (Å²) in [5.41, 5.74) is 0.703. The average molecular weight is 291 g/mol. The minimum Gasteiger partial charge on any atom is -0.391 e. The number of hydrogen-bond donors (Lipinski definition) is 3. The van der Waals surface area contributed by atoms with E-state index in [2.05, 4.69) is 35.3 Å². The van der Waals surface area contributed by atoms with Crippen LogP contribution in [-0.4, -0.2) is 76.6 Å². The van der Waals surface area contributed by atoms with Gasteiger partial charge in [-0.15, -0.1) is 0 Å². The molecule has 2 atom stereocenters. The first-order valence-electron chi connectivity index (χ1n) is 7.06. The summed E-state index contributed by atoms with van der Waals surface area (Å²) in [6, 6.07) is 0.229. The van der Waals surface area contributed by atoms with E-state index in [1.165, 1.54) is 0 Å². The second-order valence-corrected chi connectivity index (χ2v) is 5.71. The van der Waals surface area contributed by atoms with E-state index in [1.807, 2.05) is 14.1 Å². The molecule has 1 fully saturated rings. The summed E-state index contributed by atoms with van der Waals surface area (Å²) < 4.78 is 0. The minimum atomic E-state index is -0.329. The normalized spacial score (nSPS) is 22.4. The molecule has 21 heavy (non-hydrogen) atoms. The van der Waals surface area contributed by atoms with Gasteiger partial charge in [0.25, 0.3) is 0 Å². The second-order valence-electron chi connectivity index (χ2n) is 5.71. The first-order valence-corrected chi connectivity index (χ1v) is 7.06. The highest BCUT2D eigenvalue weighted by Gasteiger charge is 2.33. The van der Waals surface area contributed by atoms with Crippen LogP contribution in [0.1, 0.15) is 6.42 Å². The Kier molecular flexibility index (Phi) is 3.64. The van der Waals surface area contributed by atoms with Crippen LogP contribution in [0.2, 0.25) is 0 Å².